The molecule has 2 fully saturated rings. The number of aromatic nitrogens is 1. The van der Waals surface area contributed by atoms with Gasteiger partial charge >= 0.3 is 0 Å². The Labute approximate surface area is 138 Å². The fourth-order valence-corrected chi connectivity index (χ4v) is 4.33. The molecule has 4 rings (SSSR count). The Hall–Kier alpha value is -1.93. The van der Waals surface area contributed by atoms with Crippen molar-refractivity contribution in [1.82, 2.24) is 10.3 Å². The van der Waals surface area contributed by atoms with Gasteiger partial charge in [-0.2, -0.15) is 0 Å². The summed E-state index contributed by atoms with van der Waals surface area (Å²) in [5.74, 6) is 0.631. The third-order valence-electron chi connectivity index (χ3n) is 5.33. The van der Waals surface area contributed by atoms with Crippen LogP contribution in [0.25, 0.3) is 5.57 Å². The van der Waals surface area contributed by atoms with E-state index in [0.717, 1.165) is 5.69 Å². The van der Waals surface area contributed by atoms with E-state index in [1.807, 2.05) is 12.3 Å². The van der Waals surface area contributed by atoms with Crippen molar-refractivity contribution in [2.45, 2.75) is 44.2 Å². The van der Waals surface area contributed by atoms with E-state index < -0.39 is 0 Å². The summed E-state index contributed by atoms with van der Waals surface area (Å²) in [4.78, 5) is 4.61. The van der Waals surface area contributed by atoms with Crippen LogP contribution < -0.4 is 5.32 Å². The standard InChI is InChI=1S/C21H24N2/c1-21-11-10-18(23-21)13-16(15-21)14-19(17-7-3-2-4-8-17)20-9-5-6-12-22-20/h2-9,12,14,16,18,23H,10-11,13,15H2,1H3. The first-order chi connectivity index (χ1) is 11.2. The van der Waals surface area contributed by atoms with Crippen LogP contribution in [0, 0.1) is 5.92 Å². The van der Waals surface area contributed by atoms with Crippen molar-refractivity contribution < 1.29 is 0 Å². The average molecular weight is 304 g/mol. The van der Waals surface area contributed by atoms with Crippen LogP contribution in [-0.4, -0.2) is 16.6 Å². The monoisotopic (exact) mass is 304 g/mol. The van der Waals surface area contributed by atoms with Crippen molar-refractivity contribution >= 4 is 5.57 Å². The van der Waals surface area contributed by atoms with Gasteiger partial charge in [-0.15, -0.1) is 0 Å². The van der Waals surface area contributed by atoms with Crippen LogP contribution >= 0.6 is 0 Å². The summed E-state index contributed by atoms with van der Waals surface area (Å²) in [7, 11) is 0. The molecule has 2 saturated heterocycles. The van der Waals surface area contributed by atoms with Crippen molar-refractivity contribution in [1.29, 1.82) is 0 Å². The van der Waals surface area contributed by atoms with E-state index in [4.69, 9.17) is 0 Å². The number of allylic oxidation sites excluding steroid dienone is 1. The highest BCUT2D eigenvalue weighted by Gasteiger charge is 2.41. The Morgan fingerprint density at radius 1 is 1.17 bits per heavy atom. The molecule has 23 heavy (non-hydrogen) atoms. The second-order valence-electron chi connectivity index (χ2n) is 7.30. The lowest BCUT2D eigenvalue weighted by Gasteiger charge is -2.35. The Bertz CT molecular complexity index is 651. The molecule has 2 aliphatic rings. The van der Waals surface area contributed by atoms with E-state index in [-0.39, 0.29) is 0 Å². The third kappa shape index (κ3) is 3.09. The van der Waals surface area contributed by atoms with E-state index in [1.54, 1.807) is 0 Å². The summed E-state index contributed by atoms with van der Waals surface area (Å²) >= 11 is 0. The van der Waals surface area contributed by atoms with Crippen LogP contribution in [0.1, 0.15) is 43.9 Å². The van der Waals surface area contributed by atoms with Gasteiger partial charge < -0.3 is 5.32 Å². The number of pyridine rings is 1. The number of piperidine rings is 1. The minimum atomic E-state index is 0.329. The van der Waals surface area contributed by atoms with Crippen molar-refractivity contribution in [3.8, 4) is 0 Å². The van der Waals surface area contributed by atoms with Gasteiger partial charge in [0.2, 0.25) is 0 Å². The minimum absolute atomic E-state index is 0.329. The maximum atomic E-state index is 4.61. The molecule has 3 heterocycles. The highest BCUT2D eigenvalue weighted by atomic mass is 15.0. The fraction of sp³-hybridized carbons (Fsp3) is 0.381. The zero-order chi connectivity index (χ0) is 15.7. The molecule has 1 aromatic heterocycles. The highest BCUT2D eigenvalue weighted by molar-refractivity contribution is 5.78. The van der Waals surface area contributed by atoms with Crippen molar-refractivity contribution in [3.05, 3.63) is 72.1 Å². The van der Waals surface area contributed by atoms with Gasteiger partial charge in [0.1, 0.15) is 0 Å². The quantitative estimate of drug-likeness (QED) is 0.907. The summed E-state index contributed by atoms with van der Waals surface area (Å²) in [6, 6.07) is 17.6. The Morgan fingerprint density at radius 2 is 2.00 bits per heavy atom. The Morgan fingerprint density at radius 3 is 2.74 bits per heavy atom. The molecule has 0 spiro atoms. The molecule has 2 bridgehead atoms. The van der Waals surface area contributed by atoms with Gasteiger partial charge in [0.25, 0.3) is 0 Å². The minimum Gasteiger partial charge on any atom is -0.309 e. The van der Waals surface area contributed by atoms with E-state index >= 15 is 0 Å². The van der Waals surface area contributed by atoms with Crippen LogP contribution in [0.4, 0.5) is 0 Å². The lowest BCUT2D eigenvalue weighted by atomic mass is 9.82. The average Bonchev–Trinajstić information content (AvgIpc) is 2.87. The number of hydrogen-bond acceptors (Lipinski definition) is 2. The Kier molecular flexibility index (Phi) is 3.78. The van der Waals surface area contributed by atoms with Crippen LogP contribution in [0.2, 0.25) is 0 Å². The molecule has 0 saturated carbocycles. The van der Waals surface area contributed by atoms with E-state index in [9.17, 15) is 0 Å². The number of benzene rings is 1. The van der Waals surface area contributed by atoms with Crippen LogP contribution in [0.5, 0.6) is 0 Å². The predicted molar refractivity (Wildman–Crippen MR) is 95.0 cm³/mol. The van der Waals surface area contributed by atoms with E-state index in [2.05, 4.69) is 65.8 Å². The molecule has 1 aromatic carbocycles. The topological polar surface area (TPSA) is 24.9 Å². The molecule has 3 atom stereocenters. The van der Waals surface area contributed by atoms with E-state index in [0.29, 0.717) is 17.5 Å². The van der Waals surface area contributed by atoms with Gasteiger partial charge in [-0.1, -0.05) is 42.5 Å². The first kappa shape index (κ1) is 14.6. The fourth-order valence-electron chi connectivity index (χ4n) is 4.33. The zero-order valence-corrected chi connectivity index (χ0v) is 13.7. The second kappa shape index (κ2) is 5.93. The summed E-state index contributed by atoms with van der Waals surface area (Å²) in [5, 5.41) is 3.80. The molecule has 2 aromatic rings. The van der Waals surface area contributed by atoms with Crippen molar-refractivity contribution in [3.63, 3.8) is 0 Å². The summed E-state index contributed by atoms with van der Waals surface area (Å²) in [6.45, 7) is 2.38. The number of nitrogens with zero attached hydrogens (tertiary/aromatic N) is 1. The lowest BCUT2D eigenvalue weighted by molar-refractivity contribution is 0.256. The predicted octanol–water partition coefficient (Wildman–Crippen LogP) is 4.43. The normalized spacial score (nSPS) is 30.4. The SMILES string of the molecule is CC12CCC(CC(C=C(c3ccccc3)c3ccccn3)C1)N2. The van der Waals surface area contributed by atoms with Crippen molar-refractivity contribution in [2.24, 2.45) is 5.92 Å². The molecule has 2 aliphatic heterocycles. The van der Waals surface area contributed by atoms with Gasteiger partial charge in [0.05, 0.1) is 5.69 Å². The molecule has 0 aliphatic carbocycles. The smallest absolute Gasteiger partial charge is 0.0704 e. The van der Waals surface area contributed by atoms with Gasteiger partial charge in [-0.05, 0) is 56.2 Å². The zero-order valence-electron chi connectivity index (χ0n) is 13.7. The van der Waals surface area contributed by atoms with E-state index in [1.165, 1.54) is 36.8 Å². The first-order valence-electron chi connectivity index (χ1n) is 8.68. The van der Waals surface area contributed by atoms with Crippen molar-refractivity contribution in [2.75, 3.05) is 0 Å². The van der Waals surface area contributed by atoms with Crippen LogP contribution in [-0.2, 0) is 0 Å². The molecule has 0 amide bonds. The summed E-state index contributed by atoms with van der Waals surface area (Å²) < 4.78 is 0. The number of hydrogen-bond donors (Lipinski definition) is 1. The molecular weight excluding hydrogens is 280 g/mol. The molecule has 0 radical (unpaired) electrons. The van der Waals surface area contributed by atoms with Gasteiger partial charge in [0, 0.05) is 23.4 Å². The number of fused-ring (bicyclic) bond motifs is 2. The molecule has 1 N–H and O–H groups in total. The molecule has 2 heteroatoms. The van der Waals surface area contributed by atoms with Gasteiger partial charge in [-0.3, -0.25) is 4.98 Å². The second-order valence-corrected chi connectivity index (χ2v) is 7.30. The highest BCUT2D eigenvalue weighted by Crippen LogP contribution is 2.40. The number of rotatable bonds is 3. The maximum absolute atomic E-state index is 4.61. The molecule has 2 nitrogen and oxygen atoms in total. The molecule has 3 unspecified atom stereocenters. The Balaban J connectivity index is 1.71. The lowest BCUT2D eigenvalue weighted by Crippen LogP contribution is -2.46. The first-order valence-corrected chi connectivity index (χ1v) is 8.68. The molecular formula is C21H24N2. The largest absolute Gasteiger partial charge is 0.309 e. The van der Waals surface area contributed by atoms with Gasteiger partial charge in [-0.25, -0.2) is 0 Å². The van der Waals surface area contributed by atoms with Gasteiger partial charge in [0.15, 0.2) is 0 Å². The van der Waals surface area contributed by atoms with Crippen LogP contribution in [0.15, 0.2) is 60.8 Å². The maximum Gasteiger partial charge on any atom is 0.0704 e. The summed E-state index contributed by atoms with van der Waals surface area (Å²) in [5.41, 5.74) is 3.95. The molecule has 118 valence electrons. The third-order valence-corrected chi connectivity index (χ3v) is 5.33. The van der Waals surface area contributed by atoms with Crippen LogP contribution in [0.3, 0.4) is 0 Å². The number of nitrogens with one attached hydrogen (secondary N) is 1. The summed E-state index contributed by atoms with van der Waals surface area (Å²) in [6.07, 6.45) is 9.48.